The number of amides is 2. The lowest BCUT2D eigenvalue weighted by Crippen LogP contribution is -2.33. The average Bonchev–Trinajstić information content (AvgIpc) is 2.69. The maximum absolute atomic E-state index is 12.1. The van der Waals surface area contributed by atoms with Gasteiger partial charge in [0, 0.05) is 18.8 Å². The van der Waals surface area contributed by atoms with Gasteiger partial charge in [0.15, 0.2) is 0 Å². The summed E-state index contributed by atoms with van der Waals surface area (Å²) in [6.45, 7) is 5.70. The second-order valence-electron chi connectivity index (χ2n) is 5.29. The van der Waals surface area contributed by atoms with Crippen LogP contribution in [0, 0.1) is 11.8 Å². The van der Waals surface area contributed by atoms with Crippen LogP contribution in [0.25, 0.3) is 0 Å². The molecule has 2 rings (SSSR count). The molecule has 0 aliphatic carbocycles. The zero-order chi connectivity index (χ0) is 14.9. The van der Waals surface area contributed by atoms with Crippen molar-refractivity contribution in [3.63, 3.8) is 0 Å². The topological polar surface area (TPSA) is 69.6 Å². The monoisotopic (exact) mass is 296 g/mol. The molecule has 1 fully saturated rings. The van der Waals surface area contributed by atoms with Crippen LogP contribution >= 0.6 is 11.6 Å². The van der Waals surface area contributed by atoms with E-state index in [-0.39, 0.29) is 16.6 Å². The summed E-state index contributed by atoms with van der Waals surface area (Å²) in [5.41, 5.74) is 0.519. The Morgan fingerprint density at radius 2 is 1.90 bits per heavy atom. The number of carboxylic acids is 1. The Bertz CT molecular complexity index is 537. The highest BCUT2D eigenvalue weighted by atomic mass is 35.5. The zero-order valence-electron chi connectivity index (χ0n) is 11.4. The summed E-state index contributed by atoms with van der Waals surface area (Å²) in [7, 11) is 0. The van der Waals surface area contributed by atoms with Crippen molar-refractivity contribution in [3.8, 4) is 0 Å². The van der Waals surface area contributed by atoms with Crippen LogP contribution in [0.3, 0.4) is 0 Å². The fourth-order valence-corrected chi connectivity index (χ4v) is 2.53. The minimum Gasteiger partial charge on any atom is -0.478 e. The van der Waals surface area contributed by atoms with E-state index in [1.165, 1.54) is 18.2 Å². The fraction of sp³-hybridized carbons (Fsp3) is 0.429. The summed E-state index contributed by atoms with van der Waals surface area (Å²) in [5, 5.41) is 11.7. The molecule has 1 heterocycles. The second-order valence-corrected chi connectivity index (χ2v) is 5.70. The molecule has 2 unspecified atom stereocenters. The smallest absolute Gasteiger partial charge is 0.337 e. The molecule has 5 nitrogen and oxygen atoms in total. The van der Waals surface area contributed by atoms with Gasteiger partial charge >= 0.3 is 12.0 Å². The van der Waals surface area contributed by atoms with Gasteiger partial charge in [-0.2, -0.15) is 0 Å². The Balaban J connectivity index is 2.05. The second kappa shape index (κ2) is 5.71. The summed E-state index contributed by atoms with van der Waals surface area (Å²) >= 11 is 5.87. The lowest BCUT2D eigenvalue weighted by Gasteiger charge is -2.17. The van der Waals surface area contributed by atoms with E-state index in [9.17, 15) is 9.59 Å². The molecule has 0 saturated carbocycles. The van der Waals surface area contributed by atoms with E-state index in [2.05, 4.69) is 19.2 Å². The molecule has 2 N–H and O–H groups in total. The number of carboxylic acid groups (broad SMARTS) is 1. The van der Waals surface area contributed by atoms with Crippen LogP contribution in [-0.2, 0) is 0 Å². The maximum atomic E-state index is 12.1. The van der Waals surface area contributed by atoms with Gasteiger partial charge in [0.25, 0.3) is 0 Å². The third-order valence-corrected chi connectivity index (χ3v) is 4.04. The van der Waals surface area contributed by atoms with Gasteiger partial charge in [-0.15, -0.1) is 0 Å². The molecule has 1 aliphatic rings. The molecule has 1 aliphatic heterocycles. The molecule has 2 amide bonds. The molecule has 0 radical (unpaired) electrons. The molecule has 1 saturated heterocycles. The number of likely N-dealkylation sites (tertiary alicyclic amines) is 1. The molecular formula is C14H17ClN2O3. The number of hydrogen-bond acceptors (Lipinski definition) is 2. The molecule has 0 bridgehead atoms. The van der Waals surface area contributed by atoms with Crippen molar-refractivity contribution in [1.29, 1.82) is 0 Å². The summed E-state index contributed by atoms with van der Waals surface area (Å²) < 4.78 is 0. The number of benzene rings is 1. The molecule has 0 aromatic heterocycles. The minimum absolute atomic E-state index is 0.0214. The number of hydrogen-bond donors (Lipinski definition) is 2. The normalized spacial score (nSPS) is 21.9. The molecule has 1 aromatic carbocycles. The standard InChI is InChI=1S/C14H17ClN2O3/c1-8-6-17(7-9(8)2)14(20)16-10-3-4-11(13(18)19)12(15)5-10/h3-5,8-9H,6-7H2,1-2H3,(H,16,20)(H,18,19). The Morgan fingerprint density at radius 3 is 2.40 bits per heavy atom. The lowest BCUT2D eigenvalue weighted by molar-refractivity contribution is 0.0697. The first-order valence-corrected chi connectivity index (χ1v) is 6.85. The highest BCUT2D eigenvalue weighted by Crippen LogP contribution is 2.24. The molecule has 2 atom stereocenters. The number of carbonyl (C=O) groups excluding carboxylic acids is 1. The van der Waals surface area contributed by atoms with E-state index in [0.29, 0.717) is 17.5 Å². The molecule has 0 spiro atoms. The quantitative estimate of drug-likeness (QED) is 0.881. The Hall–Kier alpha value is -1.75. The summed E-state index contributed by atoms with van der Waals surface area (Å²) in [4.78, 5) is 24.7. The summed E-state index contributed by atoms with van der Waals surface area (Å²) in [6, 6.07) is 4.19. The van der Waals surface area contributed by atoms with Crippen molar-refractivity contribution >= 4 is 29.3 Å². The number of carbonyl (C=O) groups is 2. The van der Waals surface area contributed by atoms with Crippen LogP contribution in [0.2, 0.25) is 5.02 Å². The molecular weight excluding hydrogens is 280 g/mol. The van der Waals surface area contributed by atoms with Crippen LogP contribution in [-0.4, -0.2) is 35.1 Å². The number of nitrogens with zero attached hydrogens (tertiary/aromatic N) is 1. The largest absolute Gasteiger partial charge is 0.478 e. The van der Waals surface area contributed by atoms with Gasteiger partial charge in [0.2, 0.25) is 0 Å². The number of rotatable bonds is 2. The number of nitrogens with one attached hydrogen (secondary N) is 1. The van der Waals surface area contributed by atoms with Crippen LogP contribution in [0.4, 0.5) is 10.5 Å². The van der Waals surface area contributed by atoms with Gasteiger partial charge in [0.1, 0.15) is 0 Å². The highest BCUT2D eigenvalue weighted by Gasteiger charge is 2.29. The molecule has 108 valence electrons. The molecule has 20 heavy (non-hydrogen) atoms. The Morgan fingerprint density at radius 1 is 1.30 bits per heavy atom. The first-order valence-electron chi connectivity index (χ1n) is 6.47. The number of urea groups is 1. The Labute approximate surface area is 122 Å². The molecule has 6 heteroatoms. The highest BCUT2D eigenvalue weighted by molar-refractivity contribution is 6.33. The first kappa shape index (κ1) is 14.7. The van der Waals surface area contributed by atoms with Crippen LogP contribution < -0.4 is 5.32 Å². The number of aromatic carboxylic acids is 1. The van der Waals surface area contributed by atoms with Crippen LogP contribution in [0.1, 0.15) is 24.2 Å². The first-order chi connectivity index (χ1) is 9.38. The van der Waals surface area contributed by atoms with E-state index < -0.39 is 5.97 Å². The zero-order valence-corrected chi connectivity index (χ0v) is 12.1. The van der Waals surface area contributed by atoms with Gasteiger partial charge in [-0.25, -0.2) is 9.59 Å². The van der Waals surface area contributed by atoms with Gasteiger partial charge < -0.3 is 15.3 Å². The van der Waals surface area contributed by atoms with Gasteiger partial charge in [-0.05, 0) is 30.0 Å². The van der Waals surface area contributed by atoms with Crippen molar-refractivity contribution in [2.45, 2.75) is 13.8 Å². The SMILES string of the molecule is CC1CN(C(=O)Nc2ccc(C(=O)O)c(Cl)c2)CC1C. The van der Waals surface area contributed by atoms with Gasteiger partial charge in [-0.3, -0.25) is 0 Å². The van der Waals surface area contributed by atoms with Crippen molar-refractivity contribution < 1.29 is 14.7 Å². The van der Waals surface area contributed by atoms with Crippen LogP contribution in [0.5, 0.6) is 0 Å². The van der Waals surface area contributed by atoms with Crippen molar-refractivity contribution in [3.05, 3.63) is 28.8 Å². The van der Waals surface area contributed by atoms with Crippen molar-refractivity contribution in [1.82, 2.24) is 4.90 Å². The van der Waals surface area contributed by atoms with Gasteiger partial charge in [0.05, 0.1) is 10.6 Å². The average molecular weight is 297 g/mol. The predicted octanol–water partition coefficient (Wildman–Crippen LogP) is 3.16. The van der Waals surface area contributed by atoms with Crippen molar-refractivity contribution in [2.75, 3.05) is 18.4 Å². The third-order valence-electron chi connectivity index (χ3n) is 3.73. The number of halogens is 1. The Kier molecular flexibility index (Phi) is 4.18. The van der Waals surface area contributed by atoms with E-state index in [4.69, 9.17) is 16.7 Å². The fourth-order valence-electron chi connectivity index (χ4n) is 2.26. The van der Waals surface area contributed by atoms with Gasteiger partial charge in [-0.1, -0.05) is 25.4 Å². The summed E-state index contributed by atoms with van der Waals surface area (Å²) in [6.07, 6.45) is 0. The predicted molar refractivity (Wildman–Crippen MR) is 77.3 cm³/mol. The third kappa shape index (κ3) is 3.04. The molecule has 1 aromatic rings. The number of anilines is 1. The van der Waals surface area contributed by atoms with Crippen LogP contribution in [0.15, 0.2) is 18.2 Å². The van der Waals surface area contributed by atoms with E-state index in [0.717, 1.165) is 13.1 Å². The van der Waals surface area contributed by atoms with Crippen molar-refractivity contribution in [2.24, 2.45) is 11.8 Å². The summed E-state index contributed by atoms with van der Waals surface area (Å²) in [5.74, 6) is -0.118. The minimum atomic E-state index is -1.09. The van der Waals surface area contributed by atoms with E-state index >= 15 is 0 Å². The maximum Gasteiger partial charge on any atom is 0.337 e. The lowest BCUT2D eigenvalue weighted by atomic mass is 10.0. The van der Waals surface area contributed by atoms with E-state index in [1.807, 2.05) is 0 Å². The van der Waals surface area contributed by atoms with E-state index in [1.54, 1.807) is 4.90 Å².